The van der Waals surface area contributed by atoms with Gasteiger partial charge in [-0.15, -0.1) is 0 Å². The number of methoxy groups -OCH3 is 1. The molecule has 0 aliphatic carbocycles. The van der Waals surface area contributed by atoms with Crippen molar-refractivity contribution < 1.29 is 33.6 Å². The zero-order chi connectivity index (χ0) is 37.0. The summed E-state index contributed by atoms with van der Waals surface area (Å²) in [5, 5.41) is 32.2. The van der Waals surface area contributed by atoms with Crippen molar-refractivity contribution in [1.82, 2.24) is 20.4 Å². The second-order valence-electron chi connectivity index (χ2n) is 13.8. The van der Waals surface area contributed by atoms with Crippen LogP contribution in [0, 0.1) is 25.2 Å². The first kappa shape index (κ1) is 35.3. The van der Waals surface area contributed by atoms with E-state index in [1.54, 1.807) is 6.92 Å². The Morgan fingerprint density at radius 3 is 2.54 bits per heavy atom. The van der Waals surface area contributed by atoms with Gasteiger partial charge in [0, 0.05) is 53.5 Å². The molecule has 4 aliphatic rings. The van der Waals surface area contributed by atoms with Crippen molar-refractivity contribution in [2.75, 3.05) is 32.8 Å². The molecule has 3 aromatic rings. The molecule has 1 amide bonds. The van der Waals surface area contributed by atoms with Gasteiger partial charge in [-0.05, 0) is 76.1 Å². The summed E-state index contributed by atoms with van der Waals surface area (Å²) in [6.45, 7) is 6.85. The molecule has 1 saturated heterocycles. The smallest absolute Gasteiger partial charge is 0.308 e. The van der Waals surface area contributed by atoms with E-state index in [-0.39, 0.29) is 37.1 Å². The molecule has 0 spiro atoms. The minimum atomic E-state index is -0.708. The van der Waals surface area contributed by atoms with Crippen molar-refractivity contribution in [3.05, 3.63) is 69.8 Å². The molecule has 4 aliphatic heterocycles. The van der Waals surface area contributed by atoms with Crippen LogP contribution in [0.25, 0.3) is 0 Å². The molecule has 6 atom stereocenters. The zero-order valence-corrected chi connectivity index (χ0v) is 30.7. The number of aromatic hydroxyl groups is 1. The summed E-state index contributed by atoms with van der Waals surface area (Å²) in [5.41, 5.74) is 5.34. The number of phenols is 1. The number of para-hydroxylation sites is 1. The van der Waals surface area contributed by atoms with Gasteiger partial charge in [0.25, 0.3) is 0 Å². The van der Waals surface area contributed by atoms with Gasteiger partial charge in [0.2, 0.25) is 12.7 Å². The Bertz CT molecular complexity index is 2000. The van der Waals surface area contributed by atoms with Crippen LogP contribution in [0.5, 0.6) is 28.7 Å². The number of phenolic OH excluding ortho intramolecular Hbond substituents is 1. The largest absolute Gasteiger partial charge is 0.504 e. The molecule has 52 heavy (non-hydrogen) atoms. The lowest BCUT2D eigenvalue weighted by Gasteiger charge is -2.60. The lowest BCUT2D eigenvalue weighted by Crippen LogP contribution is -2.69. The van der Waals surface area contributed by atoms with E-state index in [4.69, 9.17) is 31.2 Å². The average molecular weight is 727 g/mol. The SMILES string of the molecule is COc1c(C)cc2c(c1O)[C@@H]1C3Cc4c(OC(C)=O)c(C)c5c(c4[C@H](CNC(=O)[C@@H](C)NC(=S)Nc4ccccc4)N3[C@@H](C#N)[C@H](C2)N1C)OCO5. The van der Waals surface area contributed by atoms with E-state index in [0.717, 1.165) is 27.9 Å². The highest BCUT2D eigenvalue weighted by molar-refractivity contribution is 7.80. The Morgan fingerprint density at radius 1 is 1.12 bits per heavy atom. The number of fused-ring (bicyclic) bond motifs is 9. The molecule has 2 bridgehead atoms. The Morgan fingerprint density at radius 2 is 1.85 bits per heavy atom. The highest BCUT2D eigenvalue weighted by atomic mass is 32.1. The lowest BCUT2D eigenvalue weighted by atomic mass is 9.71. The number of esters is 1. The van der Waals surface area contributed by atoms with Crippen molar-refractivity contribution in [2.24, 2.45) is 0 Å². The third kappa shape index (κ3) is 5.82. The molecule has 1 fully saturated rings. The maximum atomic E-state index is 13.7. The molecule has 3 aromatic carbocycles. The predicted octanol–water partition coefficient (Wildman–Crippen LogP) is 3.93. The number of rotatable bonds is 7. The number of carbonyl (C=O) groups is 2. The standard InChI is InChI=1S/C38H42N6O7S/c1-18-12-22-13-25-27(15-39)44-26(31(43(25)5)29(22)32(46)33(18)48-6)14-24-30(36-35(49-17-50-36)19(2)34(24)51-21(4)45)28(44)16-40-37(47)20(3)41-38(52)42-23-10-8-7-9-11-23/h7-12,20,25-28,31,46H,13-14,16-17H2,1-6H3,(H,40,47)(H2,41,42,52)/t20-,25+,26?,27+,28+,31+/m1/s1. The number of likely N-dealkylation sites (N-methyl/N-ethyl adjacent to an activating group) is 1. The maximum absolute atomic E-state index is 13.7. The number of benzene rings is 3. The van der Waals surface area contributed by atoms with Gasteiger partial charge in [0.15, 0.2) is 28.1 Å². The fourth-order valence-corrected chi connectivity index (χ4v) is 8.91. The first-order valence-corrected chi connectivity index (χ1v) is 17.7. The van der Waals surface area contributed by atoms with Gasteiger partial charge in [-0.1, -0.05) is 24.3 Å². The molecule has 0 radical (unpaired) electrons. The van der Waals surface area contributed by atoms with E-state index in [1.165, 1.54) is 14.0 Å². The monoisotopic (exact) mass is 726 g/mol. The number of nitriles is 1. The quantitative estimate of drug-likeness (QED) is 0.158. The van der Waals surface area contributed by atoms with Gasteiger partial charge in [-0.25, -0.2) is 0 Å². The number of amides is 1. The number of thiocarbonyl (C=S) groups is 1. The minimum Gasteiger partial charge on any atom is -0.504 e. The Balaban J connectivity index is 1.31. The van der Waals surface area contributed by atoms with E-state index < -0.39 is 30.1 Å². The minimum absolute atomic E-state index is 0.0302. The van der Waals surface area contributed by atoms with Crippen LogP contribution >= 0.6 is 12.2 Å². The molecule has 0 saturated carbocycles. The van der Waals surface area contributed by atoms with Crippen LogP contribution in [0.2, 0.25) is 0 Å². The highest BCUT2D eigenvalue weighted by Crippen LogP contribution is 2.58. The van der Waals surface area contributed by atoms with Crippen LogP contribution < -0.4 is 34.9 Å². The van der Waals surface area contributed by atoms with Crippen molar-refractivity contribution in [3.8, 4) is 34.8 Å². The van der Waals surface area contributed by atoms with Gasteiger partial charge in [0.05, 0.1) is 25.3 Å². The van der Waals surface area contributed by atoms with Gasteiger partial charge in [-0.2, -0.15) is 5.26 Å². The maximum Gasteiger partial charge on any atom is 0.308 e. The summed E-state index contributed by atoms with van der Waals surface area (Å²) in [7, 11) is 3.52. The zero-order valence-electron chi connectivity index (χ0n) is 29.9. The molecule has 0 aromatic heterocycles. The second-order valence-corrected chi connectivity index (χ2v) is 14.2. The molecular weight excluding hydrogens is 685 g/mol. The van der Waals surface area contributed by atoms with Crippen molar-refractivity contribution in [3.63, 3.8) is 0 Å². The number of carbonyl (C=O) groups excluding carboxylic acids is 2. The van der Waals surface area contributed by atoms with Crippen molar-refractivity contribution in [1.29, 1.82) is 5.26 Å². The highest BCUT2D eigenvalue weighted by Gasteiger charge is 2.57. The van der Waals surface area contributed by atoms with E-state index in [2.05, 4.69) is 31.8 Å². The third-order valence-electron chi connectivity index (χ3n) is 10.8. The number of aryl methyl sites for hydroxylation is 1. The molecule has 1 unspecified atom stereocenters. The normalized spacial score (nSPS) is 23.2. The van der Waals surface area contributed by atoms with E-state index in [1.807, 2.05) is 57.3 Å². The number of nitrogens with one attached hydrogen (secondary N) is 3. The number of hydrogen-bond donors (Lipinski definition) is 4. The number of hydrogen-bond acceptors (Lipinski definition) is 11. The number of piperazine rings is 1. The molecule has 4 heterocycles. The van der Waals surface area contributed by atoms with Crippen LogP contribution in [-0.2, 0) is 22.4 Å². The first-order valence-electron chi connectivity index (χ1n) is 17.3. The van der Waals surface area contributed by atoms with Crippen molar-refractivity contribution in [2.45, 2.75) is 76.8 Å². The summed E-state index contributed by atoms with van der Waals surface area (Å²) in [4.78, 5) is 30.6. The van der Waals surface area contributed by atoms with Gasteiger partial charge < -0.3 is 40.0 Å². The number of anilines is 1. The molecule has 14 heteroatoms. The topological polar surface area (TPSA) is 158 Å². The van der Waals surface area contributed by atoms with Crippen LogP contribution in [0.15, 0.2) is 36.4 Å². The summed E-state index contributed by atoms with van der Waals surface area (Å²) in [6, 6.07) is 11.1. The number of ether oxygens (including phenoxy) is 4. The summed E-state index contributed by atoms with van der Waals surface area (Å²) in [5.74, 6) is 1.00. The van der Waals surface area contributed by atoms with E-state index in [9.17, 15) is 20.0 Å². The van der Waals surface area contributed by atoms with Crippen LogP contribution in [0.3, 0.4) is 0 Å². The predicted molar refractivity (Wildman–Crippen MR) is 196 cm³/mol. The van der Waals surface area contributed by atoms with Gasteiger partial charge in [0.1, 0.15) is 17.8 Å². The van der Waals surface area contributed by atoms with E-state index in [0.29, 0.717) is 52.1 Å². The summed E-state index contributed by atoms with van der Waals surface area (Å²) in [6.07, 6.45) is 0.872. The first-order chi connectivity index (χ1) is 24.9. The third-order valence-corrected chi connectivity index (χ3v) is 11.0. The van der Waals surface area contributed by atoms with Gasteiger partial charge >= 0.3 is 5.97 Å². The van der Waals surface area contributed by atoms with Crippen LogP contribution in [-0.4, -0.2) is 83.6 Å². The van der Waals surface area contributed by atoms with Crippen LogP contribution in [0.1, 0.15) is 59.3 Å². The molecule has 7 rings (SSSR count). The van der Waals surface area contributed by atoms with Gasteiger partial charge in [-0.3, -0.25) is 19.4 Å². The lowest BCUT2D eigenvalue weighted by molar-refractivity contribution is -0.132. The molecule has 13 nitrogen and oxygen atoms in total. The Kier molecular flexibility index (Phi) is 9.37. The van der Waals surface area contributed by atoms with E-state index >= 15 is 0 Å². The molecule has 4 N–H and O–H groups in total. The number of nitrogens with zero attached hydrogens (tertiary/aromatic N) is 3. The average Bonchev–Trinajstić information content (AvgIpc) is 3.60. The molecule has 272 valence electrons. The molecular formula is C38H42N6O7S. The fourth-order valence-electron chi connectivity index (χ4n) is 8.61. The summed E-state index contributed by atoms with van der Waals surface area (Å²) >= 11 is 5.49. The Hall–Kier alpha value is -5.10. The Labute approximate surface area is 307 Å². The second kappa shape index (κ2) is 13.8. The fraction of sp³-hybridized carbons (Fsp3) is 0.421. The summed E-state index contributed by atoms with van der Waals surface area (Å²) < 4.78 is 23.6. The van der Waals surface area contributed by atoms with Crippen LogP contribution in [0.4, 0.5) is 5.69 Å². The van der Waals surface area contributed by atoms with Crippen molar-refractivity contribution >= 4 is 34.9 Å².